The summed E-state index contributed by atoms with van der Waals surface area (Å²) >= 11 is 12.5. The van der Waals surface area contributed by atoms with Crippen molar-refractivity contribution in [3.63, 3.8) is 0 Å². The fourth-order valence-electron chi connectivity index (χ4n) is 4.14. The number of halogens is 3. The number of hydrogen-bond donors (Lipinski definition) is 1. The zero-order valence-corrected chi connectivity index (χ0v) is 18.8. The maximum absolute atomic E-state index is 15.2. The molecule has 2 fully saturated rings. The molecule has 0 bridgehead atoms. The zero-order chi connectivity index (χ0) is 21.0. The van der Waals surface area contributed by atoms with Gasteiger partial charge in [-0.15, -0.1) is 0 Å². The number of nitrogens with one attached hydrogen (secondary N) is 1. The van der Waals surface area contributed by atoms with Crippen LogP contribution >= 0.6 is 23.2 Å². The SMILES string of the molecule is CN(C)C(=O)N[C@H]1CC[C@](F)(CCN2CCN(c3cccc(Cl)c3Cl)CC2)CC1. The van der Waals surface area contributed by atoms with Gasteiger partial charge in [0.2, 0.25) is 0 Å². The van der Waals surface area contributed by atoms with Crippen LogP contribution in [0.1, 0.15) is 32.1 Å². The summed E-state index contributed by atoms with van der Waals surface area (Å²) < 4.78 is 15.2. The Balaban J connectivity index is 1.41. The van der Waals surface area contributed by atoms with Gasteiger partial charge in [-0.05, 0) is 44.2 Å². The minimum absolute atomic E-state index is 0.0831. The monoisotopic (exact) mass is 444 g/mol. The molecule has 1 aliphatic heterocycles. The first-order valence-corrected chi connectivity index (χ1v) is 11.1. The Kier molecular flexibility index (Phi) is 7.52. The van der Waals surface area contributed by atoms with Crippen molar-refractivity contribution in [2.24, 2.45) is 0 Å². The molecule has 1 saturated carbocycles. The van der Waals surface area contributed by atoms with E-state index in [-0.39, 0.29) is 12.1 Å². The van der Waals surface area contributed by atoms with Crippen molar-refractivity contribution >= 4 is 34.9 Å². The van der Waals surface area contributed by atoms with E-state index in [0.29, 0.717) is 42.1 Å². The third kappa shape index (κ3) is 5.89. The van der Waals surface area contributed by atoms with Gasteiger partial charge in [-0.1, -0.05) is 29.3 Å². The van der Waals surface area contributed by atoms with Crippen LogP contribution in [-0.4, -0.2) is 74.4 Å². The molecule has 0 unspecified atom stereocenters. The molecule has 29 heavy (non-hydrogen) atoms. The molecule has 0 radical (unpaired) electrons. The average Bonchev–Trinajstić information content (AvgIpc) is 2.71. The van der Waals surface area contributed by atoms with E-state index in [1.165, 1.54) is 4.90 Å². The lowest BCUT2D eigenvalue weighted by molar-refractivity contribution is 0.0681. The van der Waals surface area contributed by atoms with Gasteiger partial charge in [0.25, 0.3) is 0 Å². The summed E-state index contributed by atoms with van der Waals surface area (Å²) in [6.07, 6.45) is 3.00. The Morgan fingerprint density at radius 3 is 2.48 bits per heavy atom. The zero-order valence-electron chi connectivity index (χ0n) is 17.3. The van der Waals surface area contributed by atoms with E-state index in [1.54, 1.807) is 20.2 Å². The van der Waals surface area contributed by atoms with Crippen molar-refractivity contribution < 1.29 is 9.18 Å². The van der Waals surface area contributed by atoms with Gasteiger partial charge in [-0.25, -0.2) is 9.18 Å². The van der Waals surface area contributed by atoms with Crippen LogP contribution in [0.2, 0.25) is 10.0 Å². The summed E-state index contributed by atoms with van der Waals surface area (Å²) in [4.78, 5) is 17.9. The second-order valence-corrected chi connectivity index (χ2v) is 9.21. The summed E-state index contributed by atoms with van der Waals surface area (Å²) in [6.45, 7) is 4.26. The molecular weight excluding hydrogens is 414 g/mol. The second-order valence-electron chi connectivity index (χ2n) is 8.42. The quantitative estimate of drug-likeness (QED) is 0.729. The maximum Gasteiger partial charge on any atom is 0.317 e. The Bertz CT molecular complexity index is 702. The molecule has 1 aliphatic carbocycles. The Labute approximate surface area is 183 Å². The standard InChI is InChI=1S/C21H31Cl2FN4O/c1-26(2)20(29)25-16-6-8-21(24,9-7-16)10-11-27-12-14-28(15-13-27)18-5-3-4-17(22)19(18)23/h3-5,16H,6-15H2,1-2H3,(H,25,29)/t16-,21+. The molecule has 2 amide bonds. The topological polar surface area (TPSA) is 38.8 Å². The molecule has 2 aliphatic rings. The van der Waals surface area contributed by atoms with Crippen molar-refractivity contribution in [3.8, 4) is 0 Å². The normalized spacial score (nSPS) is 25.7. The number of urea groups is 1. The third-order valence-electron chi connectivity index (χ3n) is 6.14. The first-order chi connectivity index (χ1) is 13.8. The summed E-state index contributed by atoms with van der Waals surface area (Å²) in [5.74, 6) is 0. The van der Waals surface area contributed by atoms with Crippen LogP contribution in [0.3, 0.4) is 0 Å². The second kappa shape index (κ2) is 9.71. The lowest BCUT2D eigenvalue weighted by Gasteiger charge is -2.39. The van der Waals surface area contributed by atoms with Crippen LogP contribution in [-0.2, 0) is 0 Å². The van der Waals surface area contributed by atoms with Crippen LogP contribution in [0.4, 0.5) is 14.9 Å². The highest BCUT2D eigenvalue weighted by atomic mass is 35.5. The first-order valence-electron chi connectivity index (χ1n) is 10.4. The smallest absolute Gasteiger partial charge is 0.317 e. The van der Waals surface area contributed by atoms with E-state index in [1.807, 2.05) is 12.1 Å². The molecule has 1 aromatic rings. The number of anilines is 1. The Morgan fingerprint density at radius 1 is 1.21 bits per heavy atom. The number of alkyl halides is 1. The number of benzene rings is 1. The largest absolute Gasteiger partial charge is 0.368 e. The number of carbonyl (C=O) groups is 1. The molecule has 1 heterocycles. The fraction of sp³-hybridized carbons (Fsp3) is 0.667. The van der Waals surface area contributed by atoms with Crippen LogP contribution < -0.4 is 10.2 Å². The lowest BCUT2D eigenvalue weighted by Crippen LogP contribution is -2.49. The van der Waals surface area contributed by atoms with Gasteiger partial charge in [0, 0.05) is 52.9 Å². The van der Waals surface area contributed by atoms with Gasteiger partial charge in [0.05, 0.1) is 15.7 Å². The van der Waals surface area contributed by atoms with E-state index < -0.39 is 5.67 Å². The third-order valence-corrected chi connectivity index (χ3v) is 6.94. The van der Waals surface area contributed by atoms with Crippen LogP contribution in [0.5, 0.6) is 0 Å². The molecule has 3 rings (SSSR count). The summed E-state index contributed by atoms with van der Waals surface area (Å²) in [5, 5.41) is 4.15. The summed E-state index contributed by atoms with van der Waals surface area (Å²) in [5.41, 5.74) is -0.147. The van der Waals surface area contributed by atoms with E-state index in [4.69, 9.17) is 23.2 Å². The van der Waals surface area contributed by atoms with Crippen molar-refractivity contribution in [3.05, 3.63) is 28.2 Å². The predicted octanol–water partition coefficient (Wildman–Crippen LogP) is 4.43. The van der Waals surface area contributed by atoms with Gasteiger partial charge in [-0.2, -0.15) is 0 Å². The van der Waals surface area contributed by atoms with E-state index in [9.17, 15) is 4.79 Å². The van der Waals surface area contributed by atoms with Gasteiger partial charge in [0.1, 0.15) is 5.67 Å². The molecule has 8 heteroatoms. The van der Waals surface area contributed by atoms with Crippen molar-refractivity contribution in [1.29, 1.82) is 0 Å². The van der Waals surface area contributed by atoms with Crippen molar-refractivity contribution in [2.75, 3.05) is 51.7 Å². The highest BCUT2D eigenvalue weighted by Crippen LogP contribution is 2.36. The van der Waals surface area contributed by atoms with E-state index in [0.717, 1.165) is 38.4 Å². The number of carbonyl (C=O) groups excluding carboxylic acids is 1. The lowest BCUT2D eigenvalue weighted by atomic mass is 9.81. The molecule has 0 spiro atoms. The number of amides is 2. The number of piperazine rings is 1. The van der Waals surface area contributed by atoms with Crippen molar-refractivity contribution in [1.82, 2.24) is 15.1 Å². The predicted molar refractivity (Wildman–Crippen MR) is 118 cm³/mol. The van der Waals surface area contributed by atoms with Crippen LogP contribution in [0, 0.1) is 0 Å². The molecular formula is C21H31Cl2FN4O. The molecule has 162 valence electrons. The van der Waals surface area contributed by atoms with Gasteiger partial charge >= 0.3 is 6.03 Å². The van der Waals surface area contributed by atoms with Crippen molar-refractivity contribution in [2.45, 2.75) is 43.8 Å². The van der Waals surface area contributed by atoms with Crippen LogP contribution in [0.15, 0.2) is 18.2 Å². The molecule has 1 N–H and O–H groups in total. The number of hydrogen-bond acceptors (Lipinski definition) is 3. The minimum Gasteiger partial charge on any atom is -0.368 e. The minimum atomic E-state index is -1.12. The summed E-state index contributed by atoms with van der Waals surface area (Å²) in [6, 6.07) is 5.69. The van der Waals surface area contributed by atoms with Crippen LogP contribution in [0.25, 0.3) is 0 Å². The molecule has 1 aromatic carbocycles. The van der Waals surface area contributed by atoms with Gasteiger partial charge in [-0.3, -0.25) is 4.90 Å². The van der Waals surface area contributed by atoms with Gasteiger partial charge < -0.3 is 15.1 Å². The highest BCUT2D eigenvalue weighted by molar-refractivity contribution is 6.43. The Morgan fingerprint density at radius 2 is 1.86 bits per heavy atom. The highest BCUT2D eigenvalue weighted by Gasteiger charge is 2.36. The number of nitrogens with zero attached hydrogens (tertiary/aromatic N) is 3. The fourth-order valence-corrected chi connectivity index (χ4v) is 4.56. The van der Waals surface area contributed by atoms with E-state index >= 15 is 4.39 Å². The van der Waals surface area contributed by atoms with E-state index in [2.05, 4.69) is 15.1 Å². The molecule has 1 saturated heterocycles. The Hall–Kier alpha value is -1.24. The first kappa shape index (κ1) is 22.4. The maximum atomic E-state index is 15.2. The number of rotatable bonds is 5. The molecule has 0 atom stereocenters. The van der Waals surface area contributed by atoms with Gasteiger partial charge in [0.15, 0.2) is 0 Å². The summed E-state index contributed by atoms with van der Waals surface area (Å²) in [7, 11) is 3.44. The average molecular weight is 445 g/mol. The molecule has 0 aromatic heterocycles. The molecule has 5 nitrogen and oxygen atoms in total.